The van der Waals surface area contributed by atoms with E-state index in [-0.39, 0.29) is 30.2 Å². The van der Waals surface area contributed by atoms with Crippen LogP contribution in [0.1, 0.15) is 40.3 Å². The Balaban J connectivity index is 1.90. The first-order valence-electron chi connectivity index (χ1n) is 9.61. The van der Waals surface area contributed by atoms with Gasteiger partial charge < -0.3 is 5.32 Å². The van der Waals surface area contributed by atoms with Crippen LogP contribution in [0, 0.1) is 0 Å². The lowest BCUT2D eigenvalue weighted by molar-refractivity contribution is -0.137. The molecule has 0 bridgehead atoms. The SMILES string of the molecule is CC(NC(=O)c1cccc(C(F)(F)F)c1Cl)c1nnn(-c2ncccn2)c1CCOS(C)(=O)=O. The topological polar surface area (TPSA) is 129 Å². The Bertz CT molecular complexity index is 1280. The standard InChI is InChI=1S/C19H18ClF3N6O4S/c1-11(26-17(30)12-5-3-6-13(15(12)20)19(21,22)23)16-14(7-10-33-34(2,31)32)29(28-27-16)18-24-8-4-9-25-18/h3-6,8-9,11H,7,10H2,1-2H3,(H,26,30). The number of hydrogen-bond donors (Lipinski definition) is 1. The summed E-state index contributed by atoms with van der Waals surface area (Å²) in [5.41, 5.74) is -0.969. The van der Waals surface area contributed by atoms with E-state index in [4.69, 9.17) is 15.8 Å². The van der Waals surface area contributed by atoms with Crippen molar-refractivity contribution < 1.29 is 30.6 Å². The molecule has 3 aromatic rings. The molecule has 1 amide bonds. The fourth-order valence-corrected chi connectivity index (χ4v) is 3.71. The maximum absolute atomic E-state index is 13.1. The predicted molar refractivity (Wildman–Crippen MR) is 114 cm³/mol. The number of nitrogens with one attached hydrogen (secondary N) is 1. The highest BCUT2D eigenvalue weighted by molar-refractivity contribution is 7.85. The minimum absolute atomic E-state index is 0.00180. The Morgan fingerprint density at radius 3 is 2.53 bits per heavy atom. The van der Waals surface area contributed by atoms with Crippen LogP contribution in [0.3, 0.4) is 0 Å². The van der Waals surface area contributed by atoms with Gasteiger partial charge in [0.05, 0.1) is 40.7 Å². The molecule has 0 aliphatic rings. The Hall–Kier alpha value is -3.10. The van der Waals surface area contributed by atoms with E-state index < -0.39 is 38.8 Å². The number of hydrogen-bond acceptors (Lipinski definition) is 8. The van der Waals surface area contributed by atoms with Gasteiger partial charge in [-0.05, 0) is 25.1 Å². The average molecular weight is 519 g/mol. The molecule has 34 heavy (non-hydrogen) atoms. The summed E-state index contributed by atoms with van der Waals surface area (Å²) in [6, 6.07) is 3.73. The Morgan fingerprint density at radius 1 is 1.24 bits per heavy atom. The molecule has 2 aromatic heterocycles. The van der Waals surface area contributed by atoms with E-state index in [0.29, 0.717) is 5.69 Å². The summed E-state index contributed by atoms with van der Waals surface area (Å²) in [5.74, 6) is -0.734. The van der Waals surface area contributed by atoms with Gasteiger partial charge in [-0.1, -0.05) is 22.9 Å². The first kappa shape index (κ1) is 25.5. The van der Waals surface area contributed by atoms with Crippen molar-refractivity contribution >= 4 is 27.6 Å². The van der Waals surface area contributed by atoms with E-state index in [1.807, 2.05) is 0 Å². The Kier molecular flexibility index (Phi) is 7.53. The normalized spacial score (nSPS) is 13.0. The van der Waals surface area contributed by atoms with Gasteiger partial charge in [0.15, 0.2) is 0 Å². The maximum atomic E-state index is 13.1. The first-order valence-corrected chi connectivity index (χ1v) is 11.8. The highest BCUT2D eigenvalue weighted by Crippen LogP contribution is 2.36. The zero-order valence-electron chi connectivity index (χ0n) is 17.7. The smallest absolute Gasteiger partial charge is 0.344 e. The number of nitrogens with zero attached hydrogens (tertiary/aromatic N) is 5. The number of rotatable bonds is 8. The fraction of sp³-hybridized carbons (Fsp3) is 0.316. The number of halogens is 4. The second-order valence-electron chi connectivity index (χ2n) is 7.02. The number of carbonyl (C=O) groups is 1. The summed E-state index contributed by atoms with van der Waals surface area (Å²) in [5, 5.41) is 9.81. The summed E-state index contributed by atoms with van der Waals surface area (Å²) < 4.78 is 68.1. The number of benzene rings is 1. The van der Waals surface area contributed by atoms with Gasteiger partial charge in [0.1, 0.15) is 5.69 Å². The van der Waals surface area contributed by atoms with E-state index in [9.17, 15) is 26.4 Å². The minimum Gasteiger partial charge on any atom is -0.344 e. The maximum Gasteiger partial charge on any atom is 0.417 e. The quantitative estimate of drug-likeness (QED) is 0.451. The molecular weight excluding hydrogens is 501 g/mol. The highest BCUT2D eigenvalue weighted by atomic mass is 35.5. The molecular formula is C19H18ClF3N6O4S. The summed E-state index contributed by atoms with van der Waals surface area (Å²) in [4.78, 5) is 20.9. The Labute approximate surface area is 197 Å². The van der Waals surface area contributed by atoms with Gasteiger partial charge in [-0.25, -0.2) is 9.97 Å². The molecule has 0 aliphatic heterocycles. The zero-order chi connectivity index (χ0) is 25.1. The molecule has 15 heteroatoms. The molecule has 1 N–H and O–H groups in total. The lowest BCUT2D eigenvalue weighted by Crippen LogP contribution is -2.28. The fourth-order valence-electron chi connectivity index (χ4n) is 3.00. The lowest BCUT2D eigenvalue weighted by Gasteiger charge is -2.16. The number of alkyl halides is 3. The first-order chi connectivity index (χ1) is 15.9. The van der Waals surface area contributed by atoms with Crippen molar-refractivity contribution in [3.05, 3.63) is 64.2 Å². The third-order valence-corrected chi connectivity index (χ3v) is 5.48. The van der Waals surface area contributed by atoms with Crippen LogP contribution in [0.25, 0.3) is 5.95 Å². The van der Waals surface area contributed by atoms with Gasteiger partial charge in [0, 0.05) is 18.8 Å². The van der Waals surface area contributed by atoms with Crippen LogP contribution < -0.4 is 5.32 Å². The van der Waals surface area contributed by atoms with E-state index >= 15 is 0 Å². The van der Waals surface area contributed by atoms with Crippen LogP contribution in [0.15, 0.2) is 36.7 Å². The second-order valence-corrected chi connectivity index (χ2v) is 9.04. The molecule has 0 spiro atoms. The molecule has 3 rings (SSSR count). The van der Waals surface area contributed by atoms with Gasteiger partial charge in [0.25, 0.3) is 22.0 Å². The summed E-state index contributed by atoms with van der Waals surface area (Å²) in [6.07, 6.45) is -0.920. The van der Waals surface area contributed by atoms with Crippen LogP contribution in [0.4, 0.5) is 13.2 Å². The van der Waals surface area contributed by atoms with Crippen LogP contribution in [-0.2, 0) is 26.9 Å². The highest BCUT2D eigenvalue weighted by Gasteiger charge is 2.35. The van der Waals surface area contributed by atoms with Gasteiger partial charge in [0.2, 0.25) is 0 Å². The third-order valence-electron chi connectivity index (χ3n) is 4.48. The number of amides is 1. The van der Waals surface area contributed by atoms with Crippen molar-refractivity contribution in [1.29, 1.82) is 0 Å². The summed E-state index contributed by atoms with van der Waals surface area (Å²) >= 11 is 5.84. The zero-order valence-corrected chi connectivity index (χ0v) is 19.3. The molecule has 182 valence electrons. The van der Waals surface area contributed by atoms with E-state index in [1.165, 1.54) is 24.0 Å². The second kappa shape index (κ2) is 10.0. The molecule has 1 atom stereocenters. The van der Waals surface area contributed by atoms with Gasteiger partial charge in [-0.3, -0.25) is 8.98 Å². The van der Waals surface area contributed by atoms with Gasteiger partial charge in [-0.15, -0.1) is 5.10 Å². The molecule has 0 saturated carbocycles. The van der Waals surface area contributed by atoms with Gasteiger partial charge >= 0.3 is 6.18 Å². The lowest BCUT2D eigenvalue weighted by atomic mass is 10.1. The molecule has 0 aliphatic carbocycles. The molecule has 2 heterocycles. The van der Waals surface area contributed by atoms with E-state index in [0.717, 1.165) is 24.5 Å². The van der Waals surface area contributed by atoms with Crippen molar-refractivity contribution in [2.75, 3.05) is 12.9 Å². The summed E-state index contributed by atoms with van der Waals surface area (Å²) in [7, 11) is -3.72. The number of carbonyl (C=O) groups excluding carboxylic acids is 1. The largest absolute Gasteiger partial charge is 0.417 e. The predicted octanol–water partition coefficient (Wildman–Crippen LogP) is 2.74. The Morgan fingerprint density at radius 2 is 1.91 bits per heavy atom. The monoisotopic (exact) mass is 518 g/mol. The average Bonchev–Trinajstić information content (AvgIpc) is 3.16. The van der Waals surface area contributed by atoms with Crippen LogP contribution in [-0.4, -0.2) is 52.1 Å². The molecule has 1 unspecified atom stereocenters. The van der Waals surface area contributed by atoms with Crippen LogP contribution in [0.2, 0.25) is 5.02 Å². The number of aromatic nitrogens is 5. The van der Waals surface area contributed by atoms with Crippen molar-refractivity contribution in [3.63, 3.8) is 0 Å². The van der Waals surface area contributed by atoms with E-state index in [2.05, 4.69) is 25.6 Å². The van der Waals surface area contributed by atoms with Crippen LogP contribution in [0.5, 0.6) is 0 Å². The van der Waals surface area contributed by atoms with Crippen molar-refractivity contribution in [2.24, 2.45) is 0 Å². The van der Waals surface area contributed by atoms with Crippen LogP contribution >= 0.6 is 11.6 Å². The summed E-state index contributed by atoms with van der Waals surface area (Å²) in [6.45, 7) is 1.27. The molecule has 0 fully saturated rings. The van der Waals surface area contributed by atoms with Crippen molar-refractivity contribution in [1.82, 2.24) is 30.3 Å². The van der Waals surface area contributed by atoms with Crippen molar-refractivity contribution in [2.45, 2.75) is 25.6 Å². The van der Waals surface area contributed by atoms with E-state index in [1.54, 1.807) is 6.07 Å². The minimum atomic E-state index is -4.73. The molecule has 1 aromatic carbocycles. The molecule has 0 radical (unpaired) electrons. The molecule has 0 saturated heterocycles. The molecule has 10 nitrogen and oxygen atoms in total. The van der Waals surface area contributed by atoms with Crippen molar-refractivity contribution in [3.8, 4) is 5.95 Å². The third kappa shape index (κ3) is 6.07. The van der Waals surface area contributed by atoms with Gasteiger partial charge in [-0.2, -0.15) is 26.3 Å².